The van der Waals surface area contributed by atoms with Crippen molar-refractivity contribution in [3.05, 3.63) is 22.9 Å². The average molecular weight is 263 g/mol. The van der Waals surface area contributed by atoms with Gasteiger partial charge in [0.05, 0.1) is 0 Å². The highest BCUT2D eigenvalue weighted by Gasteiger charge is 2.16. The first-order valence-electron chi connectivity index (χ1n) is 6.72. The first kappa shape index (κ1) is 13.4. The third-order valence-electron chi connectivity index (χ3n) is 3.29. The quantitative estimate of drug-likeness (QED) is 0.371. The van der Waals surface area contributed by atoms with Crippen molar-refractivity contribution < 1.29 is 0 Å². The molecule has 0 bridgehead atoms. The normalized spacial score (nSPS) is 14.3. The number of fused-ring (bicyclic) bond motifs is 1. The third kappa shape index (κ3) is 3.05. The van der Waals surface area contributed by atoms with Crippen LogP contribution in [0, 0.1) is 5.41 Å². The summed E-state index contributed by atoms with van der Waals surface area (Å²) >= 11 is 1.74. The number of nitrogen functional groups attached to an aromatic ring is 1. The number of rotatable bonds is 5. The third-order valence-corrected chi connectivity index (χ3v) is 4.37. The fourth-order valence-corrected chi connectivity index (χ4v) is 3.36. The topological polar surface area (TPSA) is 62.8 Å². The van der Waals surface area contributed by atoms with Gasteiger partial charge in [0.2, 0.25) is 0 Å². The summed E-state index contributed by atoms with van der Waals surface area (Å²) in [5.74, 6) is 1.21. The molecular weight excluding hydrogens is 242 g/mol. The molecule has 0 saturated heterocycles. The highest BCUT2D eigenvalue weighted by molar-refractivity contribution is 7.99. The lowest BCUT2D eigenvalue weighted by molar-refractivity contribution is 0.660. The number of nitrogens with one attached hydrogen (secondary N) is 1. The van der Waals surface area contributed by atoms with E-state index in [9.17, 15) is 0 Å². The van der Waals surface area contributed by atoms with Gasteiger partial charge in [0, 0.05) is 11.3 Å². The molecule has 0 aromatic carbocycles. The second-order valence-electron chi connectivity index (χ2n) is 4.77. The maximum absolute atomic E-state index is 7.70. The first-order chi connectivity index (χ1) is 8.72. The summed E-state index contributed by atoms with van der Waals surface area (Å²) in [6.45, 7) is 2.19. The van der Waals surface area contributed by atoms with Gasteiger partial charge in [-0.3, -0.25) is 5.41 Å². The van der Waals surface area contributed by atoms with Crippen molar-refractivity contribution in [2.45, 2.75) is 50.5 Å². The Morgan fingerprint density at radius 1 is 1.44 bits per heavy atom. The lowest BCUT2D eigenvalue weighted by Crippen LogP contribution is -2.16. The number of thioether (sulfide) groups is 1. The number of nitrogens with two attached hydrogens (primary N) is 1. The molecule has 0 radical (unpaired) electrons. The fourth-order valence-electron chi connectivity index (χ4n) is 2.23. The van der Waals surface area contributed by atoms with Crippen molar-refractivity contribution in [3.8, 4) is 0 Å². The molecule has 0 fully saturated rings. The molecular formula is C14H21N3S. The summed E-state index contributed by atoms with van der Waals surface area (Å²) in [5, 5.41) is 8.65. The van der Waals surface area contributed by atoms with E-state index in [1.165, 1.54) is 36.9 Å². The van der Waals surface area contributed by atoms with Crippen LogP contribution in [-0.4, -0.2) is 16.6 Å². The van der Waals surface area contributed by atoms with E-state index in [4.69, 9.17) is 16.1 Å². The van der Waals surface area contributed by atoms with Crippen LogP contribution in [0.5, 0.6) is 0 Å². The Bertz CT molecular complexity index is 443. The molecule has 2 rings (SSSR count). The van der Waals surface area contributed by atoms with Gasteiger partial charge in [-0.05, 0) is 49.5 Å². The van der Waals surface area contributed by atoms with Crippen LogP contribution in [0.15, 0.2) is 11.1 Å². The molecule has 18 heavy (non-hydrogen) atoms. The number of hydrogen-bond acceptors (Lipinski definition) is 3. The van der Waals surface area contributed by atoms with Gasteiger partial charge < -0.3 is 5.73 Å². The Hall–Kier alpha value is -1.03. The van der Waals surface area contributed by atoms with Gasteiger partial charge in [-0.2, -0.15) is 0 Å². The van der Waals surface area contributed by atoms with E-state index >= 15 is 0 Å². The summed E-state index contributed by atoms with van der Waals surface area (Å²) in [7, 11) is 0. The first-order valence-corrected chi connectivity index (χ1v) is 7.71. The molecule has 1 aliphatic carbocycles. The molecule has 0 atom stereocenters. The summed E-state index contributed by atoms with van der Waals surface area (Å²) in [4.78, 5) is 4.75. The molecule has 3 N–H and O–H groups in total. The molecule has 1 aromatic rings. The summed E-state index contributed by atoms with van der Waals surface area (Å²) in [5.41, 5.74) is 9.04. The minimum absolute atomic E-state index is 0.148. The van der Waals surface area contributed by atoms with E-state index in [2.05, 4.69) is 13.0 Å². The number of pyridine rings is 1. The highest BCUT2D eigenvalue weighted by atomic mass is 32.2. The summed E-state index contributed by atoms with van der Waals surface area (Å²) in [6.07, 6.45) is 7.00. The standard InChI is InChI=1S/C14H21N3S/c1-2-3-8-18-14-11(13(15)16)9-10-6-4-5-7-12(10)17-14/h9H,2-8H2,1H3,(H3,15,16). The van der Waals surface area contributed by atoms with Gasteiger partial charge in [-0.15, -0.1) is 11.8 Å². The van der Waals surface area contributed by atoms with E-state index in [0.29, 0.717) is 0 Å². The molecule has 98 valence electrons. The number of aryl methyl sites for hydroxylation is 2. The monoisotopic (exact) mass is 263 g/mol. The Morgan fingerprint density at radius 3 is 2.94 bits per heavy atom. The van der Waals surface area contributed by atoms with Gasteiger partial charge >= 0.3 is 0 Å². The number of amidine groups is 1. The molecule has 0 amide bonds. The lowest BCUT2D eigenvalue weighted by Gasteiger charge is -2.18. The van der Waals surface area contributed by atoms with Crippen LogP contribution in [0.1, 0.15) is 49.4 Å². The minimum Gasteiger partial charge on any atom is -0.384 e. The van der Waals surface area contributed by atoms with Crippen molar-refractivity contribution in [2.75, 3.05) is 5.75 Å². The predicted molar refractivity (Wildman–Crippen MR) is 77.5 cm³/mol. The zero-order valence-corrected chi connectivity index (χ0v) is 11.8. The number of aromatic nitrogens is 1. The summed E-state index contributed by atoms with van der Waals surface area (Å²) in [6, 6.07) is 2.10. The Balaban J connectivity index is 2.27. The van der Waals surface area contributed by atoms with Crippen LogP contribution >= 0.6 is 11.8 Å². The molecule has 4 heteroatoms. The van der Waals surface area contributed by atoms with E-state index in [1.807, 2.05) is 0 Å². The molecule has 0 aliphatic heterocycles. The van der Waals surface area contributed by atoms with Crippen molar-refractivity contribution in [3.63, 3.8) is 0 Å². The van der Waals surface area contributed by atoms with Gasteiger partial charge in [0.15, 0.2) is 0 Å². The van der Waals surface area contributed by atoms with Gasteiger partial charge in [0.1, 0.15) is 10.9 Å². The lowest BCUT2D eigenvalue weighted by atomic mass is 9.95. The second kappa shape index (κ2) is 6.23. The van der Waals surface area contributed by atoms with E-state index in [1.54, 1.807) is 11.8 Å². The summed E-state index contributed by atoms with van der Waals surface area (Å²) < 4.78 is 0. The smallest absolute Gasteiger partial charge is 0.125 e. The van der Waals surface area contributed by atoms with Crippen LogP contribution < -0.4 is 5.73 Å². The van der Waals surface area contributed by atoms with Crippen molar-refractivity contribution in [2.24, 2.45) is 5.73 Å². The van der Waals surface area contributed by atoms with E-state index < -0.39 is 0 Å². The van der Waals surface area contributed by atoms with Crippen LogP contribution in [0.3, 0.4) is 0 Å². The number of unbranched alkanes of at least 4 members (excludes halogenated alkanes) is 1. The maximum atomic E-state index is 7.70. The van der Waals surface area contributed by atoms with Gasteiger partial charge in [0.25, 0.3) is 0 Å². The number of hydrogen-bond donors (Lipinski definition) is 2. The molecule has 0 saturated carbocycles. The maximum Gasteiger partial charge on any atom is 0.125 e. The average Bonchev–Trinajstić information content (AvgIpc) is 2.38. The molecule has 1 heterocycles. The highest BCUT2D eigenvalue weighted by Crippen LogP contribution is 2.27. The Labute approximate surface area is 113 Å². The Kier molecular flexibility index (Phi) is 4.64. The van der Waals surface area contributed by atoms with Crippen LogP contribution in [0.25, 0.3) is 0 Å². The zero-order valence-electron chi connectivity index (χ0n) is 11.0. The van der Waals surface area contributed by atoms with Crippen LogP contribution in [0.2, 0.25) is 0 Å². The number of nitrogens with zero attached hydrogens (tertiary/aromatic N) is 1. The van der Waals surface area contributed by atoms with Gasteiger partial charge in [-0.1, -0.05) is 13.3 Å². The molecule has 1 aromatic heterocycles. The molecule has 3 nitrogen and oxygen atoms in total. The predicted octanol–water partition coefficient (Wildman–Crippen LogP) is 3.14. The van der Waals surface area contributed by atoms with Gasteiger partial charge in [-0.25, -0.2) is 4.98 Å². The van der Waals surface area contributed by atoms with Crippen molar-refractivity contribution >= 4 is 17.6 Å². The van der Waals surface area contributed by atoms with E-state index in [0.717, 1.165) is 29.2 Å². The largest absolute Gasteiger partial charge is 0.384 e. The minimum atomic E-state index is 0.148. The van der Waals surface area contributed by atoms with Crippen LogP contribution in [0.4, 0.5) is 0 Å². The van der Waals surface area contributed by atoms with Crippen molar-refractivity contribution in [1.82, 2.24) is 4.98 Å². The zero-order chi connectivity index (χ0) is 13.0. The fraction of sp³-hybridized carbons (Fsp3) is 0.571. The molecule has 1 aliphatic rings. The van der Waals surface area contributed by atoms with Crippen molar-refractivity contribution in [1.29, 1.82) is 5.41 Å². The Morgan fingerprint density at radius 2 is 2.22 bits per heavy atom. The van der Waals surface area contributed by atoms with E-state index in [-0.39, 0.29) is 5.84 Å². The molecule has 0 unspecified atom stereocenters. The SMILES string of the molecule is CCCCSc1nc2c(cc1C(=N)N)CCCC2. The van der Waals surface area contributed by atoms with Crippen LogP contribution in [-0.2, 0) is 12.8 Å². The second-order valence-corrected chi connectivity index (χ2v) is 5.85. The molecule has 0 spiro atoms.